The van der Waals surface area contributed by atoms with Crippen molar-refractivity contribution in [2.24, 2.45) is 0 Å². The minimum atomic E-state index is -0.317. The van der Waals surface area contributed by atoms with Crippen molar-refractivity contribution in [2.75, 3.05) is 38.1 Å². The molecule has 120 valence electrons. The van der Waals surface area contributed by atoms with Gasteiger partial charge in [0.25, 0.3) is 5.69 Å². The first-order valence-corrected chi connectivity index (χ1v) is 7.88. The highest BCUT2D eigenvalue weighted by Gasteiger charge is 2.19. The second-order valence-electron chi connectivity index (χ2n) is 6.02. The van der Waals surface area contributed by atoms with Crippen molar-refractivity contribution in [1.82, 2.24) is 4.90 Å². The van der Waals surface area contributed by atoms with Crippen molar-refractivity contribution >= 4 is 11.4 Å². The lowest BCUT2D eigenvalue weighted by molar-refractivity contribution is -0.384. The van der Waals surface area contributed by atoms with Crippen LogP contribution in [-0.2, 0) is 6.42 Å². The maximum Gasteiger partial charge on any atom is 0.269 e. The van der Waals surface area contributed by atoms with E-state index in [1.54, 1.807) is 12.1 Å². The molecule has 1 aliphatic rings. The number of benzene rings is 2. The van der Waals surface area contributed by atoms with Gasteiger partial charge in [0.05, 0.1) is 4.92 Å². The number of hydrogen-bond acceptors (Lipinski definition) is 4. The van der Waals surface area contributed by atoms with Crippen LogP contribution in [0.25, 0.3) is 0 Å². The fraction of sp³-hybridized carbons (Fsp3) is 0.333. The largest absolute Gasteiger partial charge is 0.369 e. The molecular formula is C18H21N3O2. The zero-order valence-electron chi connectivity index (χ0n) is 13.3. The van der Waals surface area contributed by atoms with Crippen LogP contribution in [0.5, 0.6) is 0 Å². The molecule has 23 heavy (non-hydrogen) atoms. The number of nitro benzene ring substituents is 1. The fourth-order valence-corrected chi connectivity index (χ4v) is 3.00. The molecule has 0 spiro atoms. The van der Waals surface area contributed by atoms with E-state index < -0.39 is 0 Å². The summed E-state index contributed by atoms with van der Waals surface area (Å²) in [5, 5.41) is 11.1. The first kappa shape index (κ1) is 15.5. The van der Waals surface area contributed by atoms with Crippen LogP contribution in [0.3, 0.4) is 0 Å². The molecule has 2 aromatic carbocycles. The number of nitrogens with zero attached hydrogens (tertiary/aromatic N) is 3. The van der Waals surface area contributed by atoms with E-state index in [2.05, 4.69) is 29.0 Å². The molecule has 1 aliphatic heterocycles. The van der Waals surface area contributed by atoms with E-state index in [0.717, 1.165) is 37.4 Å². The van der Waals surface area contributed by atoms with Gasteiger partial charge in [-0.15, -0.1) is 0 Å². The second kappa shape index (κ2) is 6.79. The normalized spacial score (nSPS) is 15.6. The molecule has 0 aliphatic carbocycles. The Labute approximate surface area is 136 Å². The van der Waals surface area contributed by atoms with Crippen LogP contribution in [0.1, 0.15) is 11.1 Å². The van der Waals surface area contributed by atoms with E-state index in [0.29, 0.717) is 6.42 Å². The molecule has 1 saturated heterocycles. The Balaban J connectivity index is 1.92. The molecule has 2 aromatic rings. The molecule has 0 atom stereocenters. The monoisotopic (exact) mass is 311 g/mol. The van der Waals surface area contributed by atoms with Gasteiger partial charge in [-0.1, -0.05) is 30.3 Å². The number of rotatable bonds is 4. The number of piperazine rings is 1. The number of hydrogen-bond donors (Lipinski definition) is 0. The summed E-state index contributed by atoms with van der Waals surface area (Å²) in [5.74, 6) is 0. The van der Waals surface area contributed by atoms with E-state index in [1.165, 1.54) is 5.56 Å². The molecule has 0 amide bonds. The van der Waals surface area contributed by atoms with Gasteiger partial charge in [0.15, 0.2) is 0 Å². The van der Waals surface area contributed by atoms with E-state index in [9.17, 15) is 10.1 Å². The molecule has 0 radical (unpaired) electrons. The van der Waals surface area contributed by atoms with E-state index in [-0.39, 0.29) is 10.6 Å². The molecule has 0 aromatic heterocycles. The first-order chi connectivity index (χ1) is 11.1. The smallest absolute Gasteiger partial charge is 0.269 e. The fourth-order valence-electron chi connectivity index (χ4n) is 3.00. The van der Waals surface area contributed by atoms with Crippen molar-refractivity contribution in [2.45, 2.75) is 6.42 Å². The third kappa shape index (κ3) is 3.68. The van der Waals surface area contributed by atoms with E-state index >= 15 is 0 Å². The first-order valence-electron chi connectivity index (χ1n) is 7.88. The van der Waals surface area contributed by atoms with Crippen LogP contribution in [-0.4, -0.2) is 43.0 Å². The van der Waals surface area contributed by atoms with Gasteiger partial charge in [-0.25, -0.2) is 0 Å². The van der Waals surface area contributed by atoms with Crippen molar-refractivity contribution in [3.05, 3.63) is 69.8 Å². The van der Waals surface area contributed by atoms with Crippen LogP contribution in [0.15, 0.2) is 48.5 Å². The summed E-state index contributed by atoms with van der Waals surface area (Å²) >= 11 is 0. The average molecular weight is 311 g/mol. The molecule has 0 N–H and O–H groups in total. The summed E-state index contributed by atoms with van der Waals surface area (Å²) in [7, 11) is 2.12. The lowest BCUT2D eigenvalue weighted by Crippen LogP contribution is -2.44. The summed E-state index contributed by atoms with van der Waals surface area (Å²) < 4.78 is 0. The van der Waals surface area contributed by atoms with Gasteiger partial charge in [-0.2, -0.15) is 0 Å². The third-order valence-electron chi connectivity index (χ3n) is 4.36. The molecule has 1 fully saturated rings. The summed E-state index contributed by atoms with van der Waals surface area (Å²) in [6.07, 6.45) is 0.712. The molecule has 0 bridgehead atoms. The Morgan fingerprint density at radius 1 is 1.04 bits per heavy atom. The lowest BCUT2D eigenvalue weighted by Gasteiger charge is -2.35. The van der Waals surface area contributed by atoms with Crippen molar-refractivity contribution in [3.8, 4) is 0 Å². The summed E-state index contributed by atoms with van der Waals surface area (Å²) in [6, 6.07) is 15.4. The van der Waals surface area contributed by atoms with Gasteiger partial charge in [0, 0.05) is 44.0 Å². The Morgan fingerprint density at radius 2 is 1.74 bits per heavy atom. The summed E-state index contributed by atoms with van der Waals surface area (Å²) in [6.45, 7) is 3.94. The highest BCUT2D eigenvalue weighted by molar-refractivity contribution is 5.59. The van der Waals surface area contributed by atoms with Crippen LogP contribution >= 0.6 is 0 Å². The summed E-state index contributed by atoms with van der Waals surface area (Å²) in [4.78, 5) is 15.4. The van der Waals surface area contributed by atoms with Crippen LogP contribution in [0.2, 0.25) is 0 Å². The molecule has 0 saturated carbocycles. The van der Waals surface area contributed by atoms with Gasteiger partial charge < -0.3 is 9.80 Å². The zero-order chi connectivity index (χ0) is 16.2. The molecule has 0 unspecified atom stereocenters. The van der Waals surface area contributed by atoms with Crippen molar-refractivity contribution in [3.63, 3.8) is 0 Å². The number of anilines is 1. The van der Waals surface area contributed by atoms with Gasteiger partial charge in [0.2, 0.25) is 0 Å². The Bertz CT molecular complexity index is 680. The molecular weight excluding hydrogens is 290 g/mol. The van der Waals surface area contributed by atoms with Gasteiger partial charge in [0.1, 0.15) is 0 Å². The zero-order valence-corrected chi connectivity index (χ0v) is 13.3. The number of nitro groups is 1. The Kier molecular flexibility index (Phi) is 4.57. The number of likely N-dealkylation sites (N-methyl/N-ethyl adjacent to an activating group) is 1. The molecule has 5 nitrogen and oxygen atoms in total. The SMILES string of the molecule is CN1CCN(c2ccc([N+](=O)[O-])cc2Cc2ccccc2)CC1. The van der Waals surface area contributed by atoms with Gasteiger partial charge >= 0.3 is 0 Å². The maximum absolute atomic E-state index is 11.1. The lowest BCUT2D eigenvalue weighted by atomic mass is 10.0. The molecule has 3 rings (SSSR count). The third-order valence-corrected chi connectivity index (χ3v) is 4.36. The van der Waals surface area contributed by atoms with Crippen LogP contribution < -0.4 is 4.90 Å². The average Bonchev–Trinajstić information content (AvgIpc) is 2.56. The minimum absolute atomic E-state index is 0.161. The predicted molar refractivity (Wildman–Crippen MR) is 92.1 cm³/mol. The van der Waals surface area contributed by atoms with Crippen molar-refractivity contribution in [1.29, 1.82) is 0 Å². The van der Waals surface area contributed by atoms with Gasteiger partial charge in [-0.3, -0.25) is 10.1 Å². The van der Waals surface area contributed by atoms with Crippen molar-refractivity contribution < 1.29 is 4.92 Å². The number of non-ortho nitro benzene ring substituents is 1. The molecule has 1 heterocycles. The van der Waals surface area contributed by atoms with Crippen LogP contribution in [0.4, 0.5) is 11.4 Å². The topological polar surface area (TPSA) is 49.6 Å². The van der Waals surface area contributed by atoms with Crippen LogP contribution in [0, 0.1) is 10.1 Å². The second-order valence-corrected chi connectivity index (χ2v) is 6.02. The van der Waals surface area contributed by atoms with E-state index in [4.69, 9.17) is 0 Å². The highest BCUT2D eigenvalue weighted by Crippen LogP contribution is 2.28. The summed E-state index contributed by atoms with van der Waals surface area (Å²) in [5.41, 5.74) is 3.47. The Morgan fingerprint density at radius 3 is 2.39 bits per heavy atom. The standard InChI is InChI=1S/C18H21N3O2/c1-19-9-11-20(12-10-19)18-8-7-17(21(22)23)14-16(18)13-15-5-3-2-4-6-15/h2-8,14H,9-13H2,1H3. The van der Waals surface area contributed by atoms with E-state index in [1.807, 2.05) is 24.3 Å². The van der Waals surface area contributed by atoms with Gasteiger partial charge in [-0.05, 0) is 30.7 Å². The quantitative estimate of drug-likeness (QED) is 0.643. The Hall–Kier alpha value is -2.40. The molecule has 5 heteroatoms. The predicted octanol–water partition coefficient (Wildman–Crippen LogP) is 2.94. The highest BCUT2D eigenvalue weighted by atomic mass is 16.6. The maximum atomic E-state index is 11.1. The minimum Gasteiger partial charge on any atom is -0.369 e.